The SMILES string of the molecule is Cc1cccc(N2CCN(C(=O)CCN3CCc4ccccc4C3)CC2)c1C. The van der Waals surface area contributed by atoms with E-state index in [1.807, 2.05) is 0 Å². The van der Waals surface area contributed by atoms with Gasteiger partial charge in [0.25, 0.3) is 0 Å². The number of anilines is 1. The smallest absolute Gasteiger partial charge is 0.223 e. The second-order valence-corrected chi connectivity index (χ2v) is 8.13. The molecule has 2 aliphatic heterocycles. The van der Waals surface area contributed by atoms with E-state index in [1.54, 1.807) is 0 Å². The van der Waals surface area contributed by atoms with Crippen LogP contribution in [-0.2, 0) is 17.8 Å². The first-order valence-corrected chi connectivity index (χ1v) is 10.5. The molecule has 1 saturated heterocycles. The zero-order valence-electron chi connectivity index (χ0n) is 17.2. The summed E-state index contributed by atoms with van der Waals surface area (Å²) < 4.78 is 0. The summed E-state index contributed by atoms with van der Waals surface area (Å²) in [5, 5.41) is 0. The van der Waals surface area contributed by atoms with Crippen LogP contribution in [0, 0.1) is 13.8 Å². The van der Waals surface area contributed by atoms with E-state index in [2.05, 4.69) is 71.0 Å². The van der Waals surface area contributed by atoms with Gasteiger partial charge in [-0.25, -0.2) is 0 Å². The standard InChI is InChI=1S/C24H31N3O/c1-19-6-5-9-23(20(19)2)26-14-16-27(17-15-26)24(28)11-13-25-12-10-21-7-3-4-8-22(21)18-25/h3-9H,10-18H2,1-2H3. The first-order valence-electron chi connectivity index (χ1n) is 10.5. The lowest BCUT2D eigenvalue weighted by molar-refractivity contribution is -0.131. The van der Waals surface area contributed by atoms with Crippen LogP contribution in [0.4, 0.5) is 5.69 Å². The second-order valence-electron chi connectivity index (χ2n) is 8.13. The van der Waals surface area contributed by atoms with Crippen molar-refractivity contribution in [2.75, 3.05) is 44.2 Å². The molecule has 2 aromatic carbocycles. The number of piperazine rings is 1. The van der Waals surface area contributed by atoms with Crippen molar-refractivity contribution in [1.29, 1.82) is 0 Å². The molecule has 1 amide bonds. The number of hydrogen-bond acceptors (Lipinski definition) is 3. The number of hydrogen-bond donors (Lipinski definition) is 0. The van der Waals surface area contributed by atoms with Crippen molar-refractivity contribution >= 4 is 11.6 Å². The monoisotopic (exact) mass is 377 g/mol. The molecule has 0 aromatic heterocycles. The van der Waals surface area contributed by atoms with Gasteiger partial charge >= 0.3 is 0 Å². The van der Waals surface area contributed by atoms with E-state index in [-0.39, 0.29) is 0 Å². The summed E-state index contributed by atoms with van der Waals surface area (Å²) in [6, 6.07) is 15.2. The van der Waals surface area contributed by atoms with Gasteiger partial charge in [0.15, 0.2) is 0 Å². The third kappa shape index (κ3) is 4.07. The maximum Gasteiger partial charge on any atom is 0.223 e. The highest BCUT2D eigenvalue weighted by Crippen LogP contribution is 2.24. The molecule has 0 saturated carbocycles. The summed E-state index contributed by atoms with van der Waals surface area (Å²) in [5.74, 6) is 0.305. The maximum absolute atomic E-state index is 12.7. The van der Waals surface area contributed by atoms with Gasteiger partial charge in [0.1, 0.15) is 0 Å². The quantitative estimate of drug-likeness (QED) is 0.817. The lowest BCUT2D eigenvalue weighted by Gasteiger charge is -2.37. The molecule has 28 heavy (non-hydrogen) atoms. The Bertz CT molecular complexity index is 839. The summed E-state index contributed by atoms with van der Waals surface area (Å²) in [6.07, 6.45) is 1.73. The van der Waals surface area contributed by atoms with E-state index in [9.17, 15) is 4.79 Å². The van der Waals surface area contributed by atoms with Gasteiger partial charge in [-0.05, 0) is 48.6 Å². The van der Waals surface area contributed by atoms with Crippen molar-refractivity contribution in [2.45, 2.75) is 33.2 Å². The minimum Gasteiger partial charge on any atom is -0.368 e. The first kappa shape index (κ1) is 19.0. The van der Waals surface area contributed by atoms with Crippen molar-refractivity contribution in [1.82, 2.24) is 9.80 Å². The largest absolute Gasteiger partial charge is 0.368 e. The summed E-state index contributed by atoms with van der Waals surface area (Å²) in [4.78, 5) is 19.6. The normalized spacial score (nSPS) is 17.5. The lowest BCUT2D eigenvalue weighted by Crippen LogP contribution is -2.49. The third-order valence-electron chi connectivity index (χ3n) is 6.40. The predicted octanol–water partition coefficient (Wildman–Crippen LogP) is 3.40. The molecule has 2 heterocycles. The Hall–Kier alpha value is -2.33. The average molecular weight is 378 g/mol. The lowest BCUT2D eigenvalue weighted by atomic mass is 10.00. The molecule has 0 radical (unpaired) electrons. The minimum atomic E-state index is 0.305. The van der Waals surface area contributed by atoms with E-state index in [0.717, 1.165) is 52.2 Å². The maximum atomic E-state index is 12.7. The Balaban J connectivity index is 1.26. The molecule has 4 rings (SSSR count). The molecule has 0 N–H and O–H groups in total. The fourth-order valence-electron chi connectivity index (χ4n) is 4.43. The Labute approximate surface area is 168 Å². The molecule has 0 atom stereocenters. The number of benzene rings is 2. The van der Waals surface area contributed by atoms with Gasteiger partial charge in [-0.1, -0.05) is 36.4 Å². The number of carbonyl (C=O) groups is 1. The third-order valence-corrected chi connectivity index (χ3v) is 6.40. The van der Waals surface area contributed by atoms with Gasteiger partial charge in [0.05, 0.1) is 0 Å². The van der Waals surface area contributed by atoms with Crippen molar-refractivity contribution < 1.29 is 4.79 Å². The van der Waals surface area contributed by atoms with E-state index in [4.69, 9.17) is 0 Å². The van der Waals surface area contributed by atoms with Crippen LogP contribution in [0.1, 0.15) is 28.7 Å². The van der Waals surface area contributed by atoms with Gasteiger partial charge in [-0.2, -0.15) is 0 Å². The van der Waals surface area contributed by atoms with E-state index in [1.165, 1.54) is 27.9 Å². The van der Waals surface area contributed by atoms with Gasteiger partial charge in [-0.3, -0.25) is 9.69 Å². The Kier molecular flexibility index (Phi) is 5.67. The zero-order chi connectivity index (χ0) is 19.5. The number of aryl methyl sites for hydroxylation is 1. The first-order chi connectivity index (χ1) is 13.6. The molecule has 0 unspecified atom stereocenters. The van der Waals surface area contributed by atoms with Crippen LogP contribution < -0.4 is 4.90 Å². The van der Waals surface area contributed by atoms with Crippen LogP contribution in [0.15, 0.2) is 42.5 Å². The van der Waals surface area contributed by atoms with Crippen LogP contribution in [-0.4, -0.2) is 55.0 Å². The predicted molar refractivity (Wildman–Crippen MR) is 115 cm³/mol. The number of nitrogens with zero attached hydrogens (tertiary/aromatic N) is 3. The van der Waals surface area contributed by atoms with Gasteiger partial charge in [0, 0.05) is 57.9 Å². The van der Waals surface area contributed by atoms with E-state index in [0.29, 0.717) is 12.3 Å². The Morgan fingerprint density at radius 2 is 1.64 bits per heavy atom. The number of amides is 1. The number of carbonyl (C=O) groups excluding carboxylic acids is 1. The molecule has 0 spiro atoms. The summed E-state index contributed by atoms with van der Waals surface area (Å²) in [6.45, 7) is 10.8. The van der Waals surface area contributed by atoms with Crippen LogP contribution in [0.25, 0.3) is 0 Å². The summed E-state index contributed by atoms with van der Waals surface area (Å²) in [7, 11) is 0. The molecule has 2 aromatic rings. The van der Waals surface area contributed by atoms with Gasteiger partial charge in [-0.15, -0.1) is 0 Å². The fraction of sp³-hybridized carbons (Fsp3) is 0.458. The zero-order valence-corrected chi connectivity index (χ0v) is 17.2. The van der Waals surface area contributed by atoms with Crippen molar-refractivity contribution in [2.24, 2.45) is 0 Å². The second kappa shape index (κ2) is 8.36. The van der Waals surface area contributed by atoms with Crippen molar-refractivity contribution in [3.05, 3.63) is 64.7 Å². The van der Waals surface area contributed by atoms with Gasteiger partial charge in [0.2, 0.25) is 5.91 Å². The summed E-state index contributed by atoms with van der Waals surface area (Å²) in [5.41, 5.74) is 6.89. The number of fused-ring (bicyclic) bond motifs is 1. The molecular formula is C24H31N3O. The molecule has 4 heteroatoms. The summed E-state index contributed by atoms with van der Waals surface area (Å²) >= 11 is 0. The average Bonchev–Trinajstić information content (AvgIpc) is 2.74. The molecule has 0 bridgehead atoms. The van der Waals surface area contributed by atoms with Crippen LogP contribution in [0.3, 0.4) is 0 Å². The van der Waals surface area contributed by atoms with Crippen LogP contribution in [0.5, 0.6) is 0 Å². The van der Waals surface area contributed by atoms with Gasteiger partial charge < -0.3 is 9.80 Å². The van der Waals surface area contributed by atoms with Crippen molar-refractivity contribution in [3.8, 4) is 0 Å². The highest BCUT2D eigenvalue weighted by atomic mass is 16.2. The highest BCUT2D eigenvalue weighted by molar-refractivity contribution is 5.76. The molecule has 2 aliphatic rings. The van der Waals surface area contributed by atoms with E-state index >= 15 is 0 Å². The molecular weight excluding hydrogens is 346 g/mol. The fourth-order valence-corrected chi connectivity index (χ4v) is 4.43. The molecule has 0 aliphatic carbocycles. The van der Waals surface area contributed by atoms with Crippen molar-refractivity contribution in [3.63, 3.8) is 0 Å². The van der Waals surface area contributed by atoms with E-state index < -0.39 is 0 Å². The Morgan fingerprint density at radius 1 is 0.893 bits per heavy atom. The van der Waals surface area contributed by atoms with Crippen LogP contribution >= 0.6 is 0 Å². The highest BCUT2D eigenvalue weighted by Gasteiger charge is 2.23. The molecule has 4 nitrogen and oxygen atoms in total. The minimum absolute atomic E-state index is 0.305. The number of rotatable bonds is 4. The van der Waals surface area contributed by atoms with Crippen LogP contribution in [0.2, 0.25) is 0 Å². The molecule has 1 fully saturated rings. The molecule has 148 valence electrons. The topological polar surface area (TPSA) is 26.8 Å². The Morgan fingerprint density at radius 3 is 2.43 bits per heavy atom.